The lowest BCUT2D eigenvalue weighted by molar-refractivity contribution is -0.139. The summed E-state index contributed by atoms with van der Waals surface area (Å²) in [6, 6.07) is 12.2. The van der Waals surface area contributed by atoms with Gasteiger partial charge in [0.2, 0.25) is 6.79 Å². The van der Waals surface area contributed by atoms with Gasteiger partial charge in [-0.15, -0.1) is 0 Å². The Kier molecular flexibility index (Phi) is 6.17. The van der Waals surface area contributed by atoms with Gasteiger partial charge in [-0.1, -0.05) is 29.5 Å². The molecule has 1 aromatic heterocycles. The third-order valence-corrected chi connectivity index (χ3v) is 6.70. The van der Waals surface area contributed by atoms with Gasteiger partial charge in [-0.25, -0.2) is 9.79 Å². The number of aromatic nitrogens is 1. The molecule has 0 saturated carbocycles. The van der Waals surface area contributed by atoms with Crippen LogP contribution >= 0.6 is 11.3 Å². The van der Waals surface area contributed by atoms with Gasteiger partial charge in [-0.05, 0) is 62.2 Å². The van der Waals surface area contributed by atoms with Crippen molar-refractivity contribution in [1.82, 2.24) is 4.57 Å². The standard InChI is InChI=1S/C26H24N2O6S/c1-4-31-18-9-6-16(7-10-18)12-21-24(29)28-23(17-8-11-19-20(13-17)34-14-33-19)22(25(30)32-5-2)15(3)27-26(28)35-21/h6-13,23H,4-5,14H2,1-3H3/b21-12+/t23-/m0/s1. The molecule has 3 aromatic rings. The summed E-state index contributed by atoms with van der Waals surface area (Å²) in [5.41, 5.74) is 2.17. The molecule has 2 aromatic carbocycles. The fraction of sp³-hybridized carbons (Fsp3) is 0.269. The summed E-state index contributed by atoms with van der Waals surface area (Å²) >= 11 is 1.28. The zero-order valence-corrected chi connectivity index (χ0v) is 20.4. The summed E-state index contributed by atoms with van der Waals surface area (Å²) in [6.07, 6.45) is 1.82. The van der Waals surface area contributed by atoms with E-state index in [-0.39, 0.29) is 19.0 Å². The summed E-state index contributed by atoms with van der Waals surface area (Å²) in [7, 11) is 0. The van der Waals surface area contributed by atoms with Crippen LogP contribution in [0.2, 0.25) is 0 Å². The van der Waals surface area contributed by atoms with E-state index in [1.165, 1.54) is 11.3 Å². The molecule has 180 valence electrons. The van der Waals surface area contributed by atoms with Crippen LogP contribution in [0.4, 0.5) is 0 Å². The van der Waals surface area contributed by atoms with Gasteiger partial charge in [0.25, 0.3) is 5.56 Å². The molecule has 0 spiro atoms. The van der Waals surface area contributed by atoms with Crippen LogP contribution < -0.4 is 29.1 Å². The molecular weight excluding hydrogens is 468 g/mol. The van der Waals surface area contributed by atoms with Gasteiger partial charge in [0.15, 0.2) is 16.3 Å². The number of carbonyl (C=O) groups is 1. The molecule has 2 aliphatic heterocycles. The van der Waals surface area contributed by atoms with E-state index in [2.05, 4.69) is 4.99 Å². The molecule has 3 heterocycles. The van der Waals surface area contributed by atoms with Crippen molar-refractivity contribution in [3.8, 4) is 17.2 Å². The molecule has 1 atom stereocenters. The average molecular weight is 493 g/mol. The molecule has 2 aliphatic rings. The lowest BCUT2D eigenvalue weighted by atomic mass is 9.95. The molecule has 0 amide bonds. The highest BCUT2D eigenvalue weighted by Crippen LogP contribution is 2.38. The van der Waals surface area contributed by atoms with Crippen LogP contribution in [-0.2, 0) is 9.53 Å². The lowest BCUT2D eigenvalue weighted by Crippen LogP contribution is -2.39. The number of thiazole rings is 1. The fourth-order valence-electron chi connectivity index (χ4n) is 4.17. The maximum Gasteiger partial charge on any atom is 0.338 e. The number of allylic oxidation sites excluding steroid dienone is 1. The van der Waals surface area contributed by atoms with Gasteiger partial charge in [-0.3, -0.25) is 9.36 Å². The van der Waals surface area contributed by atoms with Crippen molar-refractivity contribution in [3.05, 3.63) is 84.5 Å². The fourth-order valence-corrected chi connectivity index (χ4v) is 5.22. The molecule has 0 N–H and O–H groups in total. The van der Waals surface area contributed by atoms with Crippen molar-refractivity contribution in [2.45, 2.75) is 26.8 Å². The topological polar surface area (TPSA) is 88.4 Å². The number of hydrogen-bond acceptors (Lipinski definition) is 8. The van der Waals surface area contributed by atoms with E-state index in [4.69, 9.17) is 18.9 Å². The number of carbonyl (C=O) groups excluding carboxylic acids is 1. The maximum atomic E-state index is 13.7. The van der Waals surface area contributed by atoms with Gasteiger partial charge in [0.05, 0.1) is 35.1 Å². The highest BCUT2D eigenvalue weighted by atomic mass is 32.1. The van der Waals surface area contributed by atoms with Crippen molar-refractivity contribution >= 4 is 23.4 Å². The highest BCUT2D eigenvalue weighted by Gasteiger charge is 2.34. The molecule has 35 heavy (non-hydrogen) atoms. The number of ether oxygens (including phenoxy) is 4. The van der Waals surface area contributed by atoms with E-state index in [0.29, 0.717) is 44.3 Å². The van der Waals surface area contributed by atoms with Crippen molar-refractivity contribution in [3.63, 3.8) is 0 Å². The quantitative estimate of drug-likeness (QED) is 0.492. The second kappa shape index (κ2) is 9.42. The third-order valence-electron chi connectivity index (χ3n) is 5.72. The predicted molar refractivity (Wildman–Crippen MR) is 131 cm³/mol. The first-order valence-corrected chi connectivity index (χ1v) is 12.1. The molecule has 8 nitrogen and oxygen atoms in total. The zero-order chi connectivity index (χ0) is 24.5. The summed E-state index contributed by atoms with van der Waals surface area (Å²) < 4.78 is 23.9. The molecule has 5 rings (SSSR count). The Hall–Kier alpha value is -3.85. The Morgan fingerprint density at radius 3 is 2.66 bits per heavy atom. The smallest absolute Gasteiger partial charge is 0.338 e. The molecule has 0 bridgehead atoms. The summed E-state index contributed by atoms with van der Waals surface area (Å²) in [5, 5.41) is 0. The van der Waals surface area contributed by atoms with Crippen molar-refractivity contribution in [2.24, 2.45) is 4.99 Å². The van der Waals surface area contributed by atoms with E-state index in [1.54, 1.807) is 30.5 Å². The minimum Gasteiger partial charge on any atom is -0.494 e. The first-order valence-electron chi connectivity index (χ1n) is 11.3. The number of rotatable bonds is 6. The van der Waals surface area contributed by atoms with Gasteiger partial charge in [-0.2, -0.15) is 0 Å². The summed E-state index contributed by atoms with van der Waals surface area (Å²) in [6.45, 7) is 6.36. The van der Waals surface area contributed by atoms with Crippen LogP contribution in [0.25, 0.3) is 6.08 Å². The first-order chi connectivity index (χ1) is 17.0. The number of hydrogen-bond donors (Lipinski definition) is 0. The lowest BCUT2D eigenvalue weighted by Gasteiger charge is -2.24. The van der Waals surface area contributed by atoms with Gasteiger partial charge >= 0.3 is 5.97 Å². The SMILES string of the molecule is CCOC(=O)C1=C(C)N=c2s/c(=C/c3ccc(OCC)cc3)c(=O)n2[C@H]1c1ccc2c(c1)OCO2. The monoisotopic (exact) mass is 492 g/mol. The summed E-state index contributed by atoms with van der Waals surface area (Å²) in [4.78, 5) is 31.8. The number of nitrogens with zero attached hydrogens (tertiary/aromatic N) is 2. The third kappa shape index (κ3) is 4.23. The van der Waals surface area contributed by atoms with Crippen LogP contribution in [0.5, 0.6) is 17.2 Å². The second-order valence-electron chi connectivity index (χ2n) is 7.92. The Balaban J connectivity index is 1.66. The molecule has 0 fully saturated rings. The second-order valence-corrected chi connectivity index (χ2v) is 8.93. The average Bonchev–Trinajstić information content (AvgIpc) is 3.43. The van der Waals surface area contributed by atoms with Crippen LogP contribution in [0.3, 0.4) is 0 Å². The van der Waals surface area contributed by atoms with Crippen LogP contribution in [0, 0.1) is 0 Å². The zero-order valence-electron chi connectivity index (χ0n) is 19.6. The van der Waals surface area contributed by atoms with Gasteiger partial charge in [0.1, 0.15) is 5.75 Å². The molecule has 0 unspecified atom stereocenters. The van der Waals surface area contributed by atoms with Crippen LogP contribution in [0.15, 0.2) is 63.5 Å². The van der Waals surface area contributed by atoms with Crippen molar-refractivity contribution < 1.29 is 23.7 Å². The first kappa shape index (κ1) is 22.9. The molecule has 9 heteroatoms. The van der Waals surface area contributed by atoms with Crippen molar-refractivity contribution in [1.29, 1.82) is 0 Å². The maximum absolute atomic E-state index is 13.7. The van der Waals surface area contributed by atoms with Crippen LogP contribution in [0.1, 0.15) is 37.9 Å². The highest BCUT2D eigenvalue weighted by molar-refractivity contribution is 7.07. The summed E-state index contributed by atoms with van der Waals surface area (Å²) in [5.74, 6) is 1.45. The molecule has 0 radical (unpaired) electrons. The number of fused-ring (bicyclic) bond motifs is 2. The number of benzene rings is 2. The molecule has 0 saturated heterocycles. The largest absolute Gasteiger partial charge is 0.494 e. The van der Waals surface area contributed by atoms with E-state index in [0.717, 1.165) is 11.3 Å². The van der Waals surface area contributed by atoms with Gasteiger partial charge < -0.3 is 18.9 Å². The normalized spacial score (nSPS) is 16.7. The Morgan fingerprint density at radius 2 is 1.91 bits per heavy atom. The minimum atomic E-state index is -0.706. The molecule has 0 aliphatic carbocycles. The Morgan fingerprint density at radius 1 is 1.14 bits per heavy atom. The Labute approximate surface area is 205 Å². The van der Waals surface area contributed by atoms with Crippen molar-refractivity contribution in [2.75, 3.05) is 20.0 Å². The van der Waals surface area contributed by atoms with E-state index >= 15 is 0 Å². The van der Waals surface area contributed by atoms with E-state index in [9.17, 15) is 9.59 Å². The van der Waals surface area contributed by atoms with E-state index in [1.807, 2.05) is 43.3 Å². The molecular formula is C26H24N2O6S. The Bertz CT molecular complexity index is 1500. The van der Waals surface area contributed by atoms with E-state index < -0.39 is 12.0 Å². The van der Waals surface area contributed by atoms with Crippen LogP contribution in [-0.4, -0.2) is 30.5 Å². The minimum absolute atomic E-state index is 0.128. The predicted octanol–water partition coefficient (Wildman–Crippen LogP) is 2.93. The number of esters is 1. The van der Waals surface area contributed by atoms with Gasteiger partial charge in [0, 0.05) is 0 Å².